The van der Waals surface area contributed by atoms with Gasteiger partial charge in [0.25, 0.3) is 5.91 Å². The number of halogens is 2. The summed E-state index contributed by atoms with van der Waals surface area (Å²) >= 11 is 0. The summed E-state index contributed by atoms with van der Waals surface area (Å²) < 4.78 is 31.4. The normalized spacial score (nSPS) is 10.7. The molecule has 12 heteroatoms. The molecule has 0 atom stereocenters. The molecular formula is C23H24F2N6O4. The number of rotatable bonds is 11. The van der Waals surface area contributed by atoms with E-state index < -0.39 is 31.1 Å². The number of hydroxylamine groups is 1. The second-order valence-electron chi connectivity index (χ2n) is 7.06. The molecule has 0 radical (unpaired) electrons. The van der Waals surface area contributed by atoms with Gasteiger partial charge in [-0.25, -0.2) is 20.4 Å². The minimum atomic E-state index is -1.46. The maximum absolute atomic E-state index is 12.9. The van der Waals surface area contributed by atoms with E-state index in [9.17, 15) is 18.4 Å². The van der Waals surface area contributed by atoms with Crippen LogP contribution in [0, 0.1) is 5.92 Å². The van der Waals surface area contributed by atoms with Gasteiger partial charge in [0.1, 0.15) is 19.2 Å². The molecule has 0 unspecified atom stereocenters. The van der Waals surface area contributed by atoms with Gasteiger partial charge >= 0.3 is 0 Å². The summed E-state index contributed by atoms with van der Waals surface area (Å²) in [7, 11) is 1.47. The van der Waals surface area contributed by atoms with Crippen molar-refractivity contribution >= 4 is 29.0 Å². The summed E-state index contributed by atoms with van der Waals surface area (Å²) in [4.78, 5) is 42.3. The third kappa shape index (κ3) is 6.23. The molecule has 1 aromatic carbocycles. The van der Waals surface area contributed by atoms with Gasteiger partial charge in [0.2, 0.25) is 5.91 Å². The van der Waals surface area contributed by atoms with E-state index in [0.717, 1.165) is 0 Å². The van der Waals surface area contributed by atoms with E-state index in [1.54, 1.807) is 43.6 Å². The summed E-state index contributed by atoms with van der Waals surface area (Å²) in [6, 6.07) is 8.26. The fourth-order valence-electron chi connectivity index (χ4n) is 3.03. The van der Waals surface area contributed by atoms with E-state index in [1.165, 1.54) is 19.4 Å². The Hall–Kier alpha value is -4.19. The predicted molar refractivity (Wildman–Crippen MR) is 125 cm³/mol. The van der Waals surface area contributed by atoms with Crippen molar-refractivity contribution in [1.29, 1.82) is 0 Å². The molecule has 3 aromatic rings. The lowest BCUT2D eigenvalue weighted by Crippen LogP contribution is -2.27. The Morgan fingerprint density at radius 2 is 1.80 bits per heavy atom. The zero-order valence-corrected chi connectivity index (χ0v) is 19.0. The van der Waals surface area contributed by atoms with Gasteiger partial charge in [0.05, 0.1) is 42.1 Å². The molecule has 35 heavy (non-hydrogen) atoms. The summed E-state index contributed by atoms with van der Waals surface area (Å²) in [6.07, 6.45) is 4.39. The van der Waals surface area contributed by atoms with Crippen molar-refractivity contribution < 1.29 is 27.9 Å². The highest BCUT2D eigenvalue weighted by Gasteiger charge is 2.21. The van der Waals surface area contributed by atoms with Crippen LogP contribution < -0.4 is 20.9 Å². The molecule has 10 nitrogen and oxygen atoms in total. The van der Waals surface area contributed by atoms with Crippen LogP contribution >= 0.6 is 0 Å². The maximum Gasteiger partial charge on any atom is 0.278 e. The van der Waals surface area contributed by atoms with Crippen molar-refractivity contribution in [2.45, 2.75) is 6.92 Å². The number of hydrogen-bond donors (Lipinski definition) is 3. The average molecular weight is 486 g/mol. The van der Waals surface area contributed by atoms with Crippen molar-refractivity contribution in [3.8, 4) is 17.1 Å². The number of amides is 2. The highest BCUT2D eigenvalue weighted by Crippen LogP contribution is 2.37. The Morgan fingerprint density at radius 3 is 2.46 bits per heavy atom. The van der Waals surface area contributed by atoms with Crippen molar-refractivity contribution in [1.82, 2.24) is 20.4 Å². The Balaban J connectivity index is 2.01. The largest absolute Gasteiger partial charge is 0.494 e. The van der Waals surface area contributed by atoms with Crippen LogP contribution in [0.1, 0.15) is 17.3 Å². The molecule has 3 rings (SSSR count). The molecule has 0 saturated heterocycles. The van der Waals surface area contributed by atoms with E-state index in [1.807, 2.05) is 0 Å². The lowest BCUT2D eigenvalue weighted by atomic mass is 10.1. The Bertz CT molecular complexity index is 1160. The van der Waals surface area contributed by atoms with E-state index in [0.29, 0.717) is 22.8 Å². The smallest absolute Gasteiger partial charge is 0.278 e. The van der Waals surface area contributed by atoms with Crippen LogP contribution in [0.3, 0.4) is 0 Å². The van der Waals surface area contributed by atoms with Gasteiger partial charge in [-0.1, -0.05) is 6.07 Å². The first kappa shape index (κ1) is 25.4. The molecule has 2 amide bonds. The van der Waals surface area contributed by atoms with Gasteiger partial charge in [-0.15, -0.1) is 0 Å². The van der Waals surface area contributed by atoms with Crippen LogP contribution in [0.2, 0.25) is 0 Å². The van der Waals surface area contributed by atoms with E-state index in [-0.39, 0.29) is 23.7 Å². The number of carbonyl (C=O) groups excluding carboxylic acids is 2. The average Bonchev–Trinajstić information content (AvgIpc) is 2.88. The van der Waals surface area contributed by atoms with Crippen molar-refractivity contribution in [3.05, 3.63) is 54.5 Å². The van der Waals surface area contributed by atoms with E-state index in [4.69, 9.17) is 9.57 Å². The molecule has 0 aliphatic rings. The van der Waals surface area contributed by atoms with Gasteiger partial charge in [0, 0.05) is 24.7 Å². The number of pyridine rings is 1. The SMILES string of the molecule is CCONC(=O)c1cnc(NC(=O)C(CF)CF)cc1Nc1cccc(-c2ncccn2)c1OC. The zero-order chi connectivity index (χ0) is 25.2. The molecule has 184 valence electrons. The van der Waals surface area contributed by atoms with Crippen molar-refractivity contribution in [3.63, 3.8) is 0 Å². The molecule has 0 saturated carbocycles. The van der Waals surface area contributed by atoms with Crippen LogP contribution in [-0.2, 0) is 9.63 Å². The number of nitrogens with one attached hydrogen (secondary N) is 3. The number of alkyl halides is 2. The number of anilines is 3. The summed E-state index contributed by atoms with van der Waals surface area (Å²) in [6.45, 7) is -0.386. The number of carbonyl (C=O) groups is 2. The number of ether oxygens (including phenoxy) is 1. The van der Waals surface area contributed by atoms with Crippen molar-refractivity contribution in [2.75, 3.05) is 37.7 Å². The molecule has 0 bridgehead atoms. The maximum atomic E-state index is 12.9. The molecule has 0 fully saturated rings. The highest BCUT2D eigenvalue weighted by atomic mass is 19.1. The summed E-state index contributed by atoms with van der Waals surface area (Å²) in [5, 5.41) is 5.45. The Kier molecular flexibility index (Phi) is 8.95. The first-order valence-electron chi connectivity index (χ1n) is 10.6. The fourth-order valence-corrected chi connectivity index (χ4v) is 3.03. The summed E-state index contributed by atoms with van der Waals surface area (Å²) in [5.74, 6) is -2.14. The molecule has 0 aliphatic carbocycles. The van der Waals surface area contributed by atoms with Crippen molar-refractivity contribution in [2.24, 2.45) is 5.92 Å². The van der Waals surface area contributed by atoms with Gasteiger partial charge in [-0.2, -0.15) is 0 Å². The van der Waals surface area contributed by atoms with Crippen LogP contribution in [0.15, 0.2) is 48.9 Å². The lowest BCUT2D eigenvalue weighted by Gasteiger charge is -2.17. The van der Waals surface area contributed by atoms with Gasteiger partial charge in [-0.05, 0) is 25.1 Å². The number of para-hydroxylation sites is 1. The monoisotopic (exact) mass is 486 g/mol. The minimum absolute atomic E-state index is 0.0149. The van der Waals surface area contributed by atoms with Gasteiger partial charge in [-0.3, -0.25) is 23.2 Å². The molecule has 0 spiro atoms. The van der Waals surface area contributed by atoms with Crippen LogP contribution in [0.5, 0.6) is 5.75 Å². The number of methoxy groups -OCH3 is 1. The lowest BCUT2D eigenvalue weighted by molar-refractivity contribution is -0.120. The molecule has 0 aliphatic heterocycles. The minimum Gasteiger partial charge on any atom is -0.494 e. The first-order valence-corrected chi connectivity index (χ1v) is 10.6. The topological polar surface area (TPSA) is 127 Å². The predicted octanol–water partition coefficient (Wildman–Crippen LogP) is 3.47. The van der Waals surface area contributed by atoms with Gasteiger partial charge in [0.15, 0.2) is 11.6 Å². The number of hydrogen-bond acceptors (Lipinski definition) is 8. The van der Waals surface area contributed by atoms with Crippen LogP contribution in [-0.4, -0.2) is 53.8 Å². The van der Waals surface area contributed by atoms with E-state index in [2.05, 4.69) is 31.1 Å². The third-order valence-corrected chi connectivity index (χ3v) is 4.75. The fraction of sp³-hybridized carbons (Fsp3) is 0.261. The van der Waals surface area contributed by atoms with E-state index >= 15 is 0 Å². The molecule has 2 aromatic heterocycles. The molecular weight excluding hydrogens is 462 g/mol. The second kappa shape index (κ2) is 12.3. The Morgan fingerprint density at radius 1 is 1.06 bits per heavy atom. The zero-order valence-electron chi connectivity index (χ0n) is 19.0. The highest BCUT2D eigenvalue weighted by molar-refractivity contribution is 6.01. The van der Waals surface area contributed by atoms with Gasteiger partial charge < -0.3 is 15.4 Å². The molecule has 2 heterocycles. The summed E-state index contributed by atoms with van der Waals surface area (Å²) in [5.41, 5.74) is 3.62. The Labute approximate surface area is 200 Å². The standard InChI is InChI=1S/C23H24F2N6O4/c1-3-35-31-23(33)16-13-28-19(30-22(32)14(11-24)12-25)10-18(16)29-17-7-4-6-15(20(17)34-2)21-26-8-5-9-27-21/h4-10,13-14H,3,11-12H2,1-2H3,(H,31,33)(H2,28,29,30,32). The molecule has 3 N–H and O–H groups in total. The second-order valence-corrected chi connectivity index (χ2v) is 7.06. The van der Waals surface area contributed by atoms with Crippen LogP contribution in [0.4, 0.5) is 26.0 Å². The van der Waals surface area contributed by atoms with Crippen LogP contribution in [0.25, 0.3) is 11.4 Å². The number of nitrogens with zero attached hydrogens (tertiary/aromatic N) is 3. The number of benzene rings is 1. The quantitative estimate of drug-likeness (QED) is 0.352. The third-order valence-electron chi connectivity index (χ3n) is 4.75. The number of aromatic nitrogens is 3. The first-order chi connectivity index (χ1) is 17.0.